The highest BCUT2D eigenvalue weighted by molar-refractivity contribution is 7.15. The second-order valence-electron chi connectivity index (χ2n) is 10.2. The van der Waals surface area contributed by atoms with Crippen LogP contribution in [0, 0.1) is 5.92 Å². The molecule has 0 atom stereocenters. The number of nitrogens with zero attached hydrogens (tertiary/aromatic N) is 4. The number of carbonyl (C=O) groups is 1. The van der Waals surface area contributed by atoms with Gasteiger partial charge in [-0.2, -0.15) is 0 Å². The molecule has 3 aromatic rings. The fourth-order valence-electron chi connectivity index (χ4n) is 5.43. The van der Waals surface area contributed by atoms with Gasteiger partial charge in [0.25, 0.3) is 0 Å². The fraction of sp³-hybridized carbons (Fsp3) is 0.500. The molecule has 2 fully saturated rings. The third-order valence-corrected chi connectivity index (χ3v) is 9.37. The van der Waals surface area contributed by atoms with Gasteiger partial charge in [-0.3, -0.25) is 4.79 Å². The van der Waals surface area contributed by atoms with Crippen molar-refractivity contribution >= 4 is 45.5 Å². The number of likely N-dealkylation sites (tertiary alicyclic amines) is 1. The summed E-state index contributed by atoms with van der Waals surface area (Å²) in [5, 5.41) is 13.0. The quantitative estimate of drug-likeness (QED) is 0.531. The SMILES string of the molecule is CN1CCC(C(=O)N2CC=C(c3cc4c(-c5cnc(C6(O)CCC6)s5)c(Cl)cnc4[nH]3)CC2)CC1. The average molecular weight is 512 g/mol. The maximum atomic E-state index is 13.0. The van der Waals surface area contributed by atoms with E-state index in [1.807, 2.05) is 11.1 Å². The van der Waals surface area contributed by atoms with E-state index in [4.69, 9.17) is 11.6 Å². The summed E-state index contributed by atoms with van der Waals surface area (Å²) in [6, 6.07) is 2.11. The lowest BCUT2D eigenvalue weighted by atomic mass is 9.81. The van der Waals surface area contributed by atoms with Crippen LogP contribution in [0.2, 0.25) is 5.02 Å². The van der Waals surface area contributed by atoms with Gasteiger partial charge in [0, 0.05) is 48.0 Å². The number of hydrogen-bond donors (Lipinski definition) is 2. The Kier molecular flexibility index (Phi) is 5.95. The molecule has 7 nitrogen and oxygen atoms in total. The summed E-state index contributed by atoms with van der Waals surface area (Å²) >= 11 is 8.13. The first-order valence-corrected chi connectivity index (χ1v) is 13.6. The molecule has 0 aromatic carbocycles. The molecular weight excluding hydrogens is 482 g/mol. The van der Waals surface area contributed by atoms with Gasteiger partial charge < -0.3 is 19.9 Å². The van der Waals surface area contributed by atoms with Gasteiger partial charge in [0.1, 0.15) is 16.3 Å². The van der Waals surface area contributed by atoms with Gasteiger partial charge in [-0.1, -0.05) is 17.7 Å². The number of fused-ring (bicyclic) bond motifs is 1. The Morgan fingerprint density at radius 2 is 2.03 bits per heavy atom. The van der Waals surface area contributed by atoms with Crippen molar-refractivity contribution in [2.75, 3.05) is 33.2 Å². The zero-order valence-corrected chi connectivity index (χ0v) is 21.5. The molecule has 5 heterocycles. The highest BCUT2D eigenvalue weighted by Crippen LogP contribution is 2.46. The van der Waals surface area contributed by atoms with Crippen molar-refractivity contribution in [2.24, 2.45) is 5.92 Å². The van der Waals surface area contributed by atoms with Crippen molar-refractivity contribution in [3.63, 3.8) is 0 Å². The Balaban J connectivity index is 1.24. The van der Waals surface area contributed by atoms with Crippen LogP contribution >= 0.6 is 22.9 Å². The predicted octanol–water partition coefficient (Wildman–Crippen LogP) is 4.67. The number of aliphatic hydroxyl groups is 1. The third-order valence-electron chi connectivity index (χ3n) is 7.88. The fourth-order valence-corrected chi connectivity index (χ4v) is 6.88. The molecule has 1 aliphatic carbocycles. The van der Waals surface area contributed by atoms with E-state index in [-0.39, 0.29) is 5.92 Å². The van der Waals surface area contributed by atoms with Gasteiger partial charge in [0.05, 0.1) is 9.90 Å². The molecule has 0 spiro atoms. The molecule has 2 aliphatic heterocycles. The van der Waals surface area contributed by atoms with E-state index in [2.05, 4.69) is 39.0 Å². The van der Waals surface area contributed by atoms with Gasteiger partial charge in [-0.15, -0.1) is 11.3 Å². The molecule has 0 radical (unpaired) electrons. The van der Waals surface area contributed by atoms with Crippen molar-refractivity contribution in [1.29, 1.82) is 0 Å². The van der Waals surface area contributed by atoms with Gasteiger partial charge in [-0.25, -0.2) is 9.97 Å². The van der Waals surface area contributed by atoms with E-state index in [1.165, 1.54) is 16.9 Å². The van der Waals surface area contributed by atoms with Crippen molar-refractivity contribution in [3.8, 4) is 10.4 Å². The van der Waals surface area contributed by atoms with Gasteiger partial charge in [0.15, 0.2) is 0 Å². The van der Waals surface area contributed by atoms with Crippen LogP contribution in [0.5, 0.6) is 0 Å². The molecule has 2 N–H and O–H groups in total. The number of nitrogens with one attached hydrogen (secondary N) is 1. The first-order valence-electron chi connectivity index (χ1n) is 12.4. The summed E-state index contributed by atoms with van der Waals surface area (Å²) in [4.78, 5) is 30.8. The summed E-state index contributed by atoms with van der Waals surface area (Å²) in [5.41, 5.74) is 3.12. The summed E-state index contributed by atoms with van der Waals surface area (Å²) in [6.07, 6.45) is 10.9. The molecule has 0 bridgehead atoms. The molecule has 35 heavy (non-hydrogen) atoms. The Morgan fingerprint density at radius 3 is 2.71 bits per heavy atom. The monoisotopic (exact) mass is 511 g/mol. The number of aromatic nitrogens is 3. The lowest BCUT2D eigenvalue weighted by Crippen LogP contribution is -2.43. The number of halogens is 1. The molecule has 1 amide bonds. The lowest BCUT2D eigenvalue weighted by molar-refractivity contribution is -0.136. The number of hydrogen-bond acceptors (Lipinski definition) is 6. The maximum absolute atomic E-state index is 13.0. The van der Waals surface area contributed by atoms with E-state index in [9.17, 15) is 9.90 Å². The highest BCUT2D eigenvalue weighted by Gasteiger charge is 2.39. The number of piperidine rings is 1. The highest BCUT2D eigenvalue weighted by atomic mass is 35.5. The molecule has 1 saturated heterocycles. The minimum atomic E-state index is -0.783. The zero-order valence-electron chi connectivity index (χ0n) is 19.9. The molecule has 9 heteroatoms. The normalized spacial score (nSPS) is 21.2. The molecule has 3 aromatic heterocycles. The minimum absolute atomic E-state index is 0.158. The number of rotatable bonds is 4. The Labute approximate surface area is 213 Å². The van der Waals surface area contributed by atoms with Crippen LogP contribution in [0.1, 0.15) is 49.2 Å². The Bertz CT molecular complexity index is 1300. The first-order chi connectivity index (χ1) is 16.9. The molecule has 6 rings (SSSR count). The molecule has 184 valence electrons. The summed E-state index contributed by atoms with van der Waals surface area (Å²) in [5.74, 6) is 0.459. The lowest BCUT2D eigenvalue weighted by Gasteiger charge is -2.34. The van der Waals surface area contributed by atoms with Crippen molar-refractivity contribution in [2.45, 2.75) is 44.1 Å². The van der Waals surface area contributed by atoms with Gasteiger partial charge in [0.2, 0.25) is 5.91 Å². The van der Waals surface area contributed by atoms with Crippen molar-refractivity contribution in [3.05, 3.63) is 40.3 Å². The number of pyridine rings is 1. The van der Waals surface area contributed by atoms with Gasteiger partial charge in [-0.05, 0) is 70.3 Å². The average Bonchev–Trinajstić information content (AvgIpc) is 3.51. The van der Waals surface area contributed by atoms with E-state index >= 15 is 0 Å². The molecule has 0 unspecified atom stereocenters. The summed E-state index contributed by atoms with van der Waals surface area (Å²) in [6.45, 7) is 3.38. The van der Waals surface area contributed by atoms with Crippen LogP contribution in [0.25, 0.3) is 27.0 Å². The Hall–Kier alpha value is -2.26. The van der Waals surface area contributed by atoms with E-state index in [0.717, 1.165) is 90.3 Å². The minimum Gasteiger partial charge on any atom is -0.383 e. The summed E-state index contributed by atoms with van der Waals surface area (Å²) in [7, 11) is 2.12. The first kappa shape index (κ1) is 23.2. The number of thiazole rings is 1. The summed E-state index contributed by atoms with van der Waals surface area (Å²) < 4.78 is 0. The van der Waals surface area contributed by atoms with Crippen LogP contribution in [0.15, 0.2) is 24.5 Å². The molecular formula is C26H30ClN5O2S. The standard InChI is InChI=1S/C26H30ClN5O2S/c1-31-9-3-17(4-10-31)24(33)32-11-5-16(6-12-32)20-13-18-22(19(27)14-28-23(18)30-20)21-15-29-25(35-21)26(34)7-2-8-26/h5,13-15,17,34H,2-4,6-12H2,1H3,(H,28,30). The van der Waals surface area contributed by atoms with Crippen molar-refractivity contribution in [1.82, 2.24) is 24.8 Å². The largest absolute Gasteiger partial charge is 0.383 e. The topological polar surface area (TPSA) is 85.3 Å². The number of H-pyrrole nitrogens is 1. The molecule has 3 aliphatic rings. The van der Waals surface area contributed by atoms with Gasteiger partial charge >= 0.3 is 0 Å². The van der Waals surface area contributed by atoms with E-state index in [1.54, 1.807) is 6.20 Å². The van der Waals surface area contributed by atoms with Crippen molar-refractivity contribution < 1.29 is 9.90 Å². The molecule has 1 saturated carbocycles. The second kappa shape index (κ2) is 9.00. The van der Waals surface area contributed by atoms with E-state index in [0.29, 0.717) is 17.5 Å². The smallest absolute Gasteiger partial charge is 0.226 e. The maximum Gasteiger partial charge on any atom is 0.226 e. The van der Waals surface area contributed by atoms with Crippen LogP contribution in [-0.4, -0.2) is 69.0 Å². The predicted molar refractivity (Wildman–Crippen MR) is 139 cm³/mol. The Morgan fingerprint density at radius 1 is 1.23 bits per heavy atom. The van der Waals surface area contributed by atoms with Crippen LogP contribution in [-0.2, 0) is 10.4 Å². The second-order valence-corrected chi connectivity index (χ2v) is 11.6. The van der Waals surface area contributed by atoms with Crippen LogP contribution in [0.4, 0.5) is 0 Å². The van der Waals surface area contributed by atoms with Crippen LogP contribution < -0.4 is 0 Å². The number of aromatic amines is 1. The number of carbonyl (C=O) groups excluding carboxylic acids is 1. The zero-order chi connectivity index (χ0) is 24.2. The third kappa shape index (κ3) is 4.20. The van der Waals surface area contributed by atoms with Crippen LogP contribution in [0.3, 0.4) is 0 Å². The van der Waals surface area contributed by atoms with E-state index < -0.39 is 5.60 Å². The number of amides is 1.